The van der Waals surface area contributed by atoms with E-state index in [9.17, 15) is 14.0 Å². The second kappa shape index (κ2) is 8.40. The number of H-pyrrole nitrogens is 1. The summed E-state index contributed by atoms with van der Waals surface area (Å²) in [5.74, 6) is -0.412. The number of nitrogens with one attached hydrogen (secondary N) is 1. The number of carbonyl (C=O) groups excluding carboxylic acids is 1. The van der Waals surface area contributed by atoms with Crippen LogP contribution in [0.25, 0.3) is 16.9 Å². The van der Waals surface area contributed by atoms with Gasteiger partial charge in [0.05, 0.1) is 16.7 Å². The summed E-state index contributed by atoms with van der Waals surface area (Å²) in [5, 5.41) is 11.8. The fourth-order valence-corrected chi connectivity index (χ4v) is 3.97. The van der Waals surface area contributed by atoms with Crippen LogP contribution in [0.3, 0.4) is 0 Å². The van der Waals surface area contributed by atoms with Crippen LogP contribution in [-0.4, -0.2) is 63.7 Å². The summed E-state index contributed by atoms with van der Waals surface area (Å²) < 4.78 is 15.6. The van der Waals surface area contributed by atoms with Crippen molar-refractivity contribution in [3.05, 3.63) is 69.5 Å². The SMILES string of the molecule is Cc1c(-c2c[nH]n(-c3ccc(C(=O)N4CC[C@@H](N(C)C)C4)cn3)c2=O)ccc(C#N)c1F. The first-order chi connectivity index (χ1) is 15.3. The maximum Gasteiger partial charge on any atom is 0.280 e. The van der Waals surface area contributed by atoms with Gasteiger partial charge >= 0.3 is 0 Å². The first-order valence-electron chi connectivity index (χ1n) is 10.2. The van der Waals surface area contributed by atoms with Gasteiger partial charge < -0.3 is 9.80 Å². The molecule has 3 aromatic rings. The van der Waals surface area contributed by atoms with E-state index >= 15 is 0 Å². The van der Waals surface area contributed by atoms with Gasteiger partial charge in [0.1, 0.15) is 11.9 Å². The van der Waals surface area contributed by atoms with E-state index in [0.29, 0.717) is 36.1 Å². The molecule has 1 atom stereocenters. The number of nitriles is 1. The Kier molecular flexibility index (Phi) is 5.63. The molecule has 1 amide bonds. The molecule has 0 unspecified atom stereocenters. The van der Waals surface area contributed by atoms with E-state index < -0.39 is 11.4 Å². The number of pyridine rings is 1. The Hall–Kier alpha value is -3.77. The molecule has 0 radical (unpaired) electrons. The zero-order chi connectivity index (χ0) is 23.0. The van der Waals surface area contributed by atoms with E-state index in [-0.39, 0.29) is 22.6 Å². The largest absolute Gasteiger partial charge is 0.337 e. The minimum atomic E-state index is -0.642. The van der Waals surface area contributed by atoms with Gasteiger partial charge in [0.15, 0.2) is 5.82 Å². The fraction of sp³-hybridized carbons (Fsp3) is 0.304. The Labute approximate surface area is 184 Å². The predicted octanol–water partition coefficient (Wildman–Crippen LogP) is 2.32. The highest BCUT2D eigenvalue weighted by Crippen LogP contribution is 2.25. The van der Waals surface area contributed by atoms with E-state index in [4.69, 9.17) is 5.26 Å². The molecule has 0 spiro atoms. The van der Waals surface area contributed by atoms with E-state index in [0.717, 1.165) is 6.42 Å². The number of aromatic amines is 1. The molecule has 1 saturated heterocycles. The topological polar surface area (TPSA) is 98.0 Å². The molecule has 1 aliphatic rings. The van der Waals surface area contributed by atoms with E-state index in [1.165, 1.54) is 30.1 Å². The zero-order valence-electron chi connectivity index (χ0n) is 18.1. The molecule has 1 aliphatic heterocycles. The minimum absolute atomic E-state index is 0.0704. The van der Waals surface area contributed by atoms with Crippen LogP contribution in [0, 0.1) is 24.1 Å². The van der Waals surface area contributed by atoms with Gasteiger partial charge in [0.25, 0.3) is 11.5 Å². The van der Waals surface area contributed by atoms with Crippen LogP contribution in [0.2, 0.25) is 0 Å². The van der Waals surface area contributed by atoms with Gasteiger partial charge in [-0.15, -0.1) is 0 Å². The number of halogens is 1. The van der Waals surface area contributed by atoms with Crippen molar-refractivity contribution < 1.29 is 9.18 Å². The Morgan fingerprint density at radius 2 is 2.06 bits per heavy atom. The molecular weight excluding hydrogens is 411 g/mol. The standard InChI is InChI=1S/C23H23FN6O2/c1-14-18(6-4-15(10-25)21(14)24)19-12-27-30(23(19)32)20-7-5-16(11-26-20)22(31)29-9-8-17(13-29)28(2)3/h4-7,11-12,17,27H,8-9,13H2,1-3H3/t17-/m1/s1. The lowest BCUT2D eigenvalue weighted by Gasteiger charge is -2.20. The average Bonchev–Trinajstić information content (AvgIpc) is 3.43. The predicted molar refractivity (Wildman–Crippen MR) is 117 cm³/mol. The van der Waals surface area contributed by atoms with Crippen LogP contribution < -0.4 is 5.56 Å². The van der Waals surface area contributed by atoms with Crippen molar-refractivity contribution in [3.8, 4) is 23.0 Å². The van der Waals surface area contributed by atoms with Gasteiger partial charge in [-0.3, -0.25) is 14.7 Å². The lowest BCUT2D eigenvalue weighted by Crippen LogP contribution is -2.34. The number of hydrogen-bond donors (Lipinski definition) is 1. The normalized spacial score (nSPS) is 15.9. The van der Waals surface area contributed by atoms with Crippen molar-refractivity contribution in [2.45, 2.75) is 19.4 Å². The van der Waals surface area contributed by atoms with Gasteiger partial charge in [-0.1, -0.05) is 6.07 Å². The van der Waals surface area contributed by atoms with Crippen LogP contribution in [0.5, 0.6) is 0 Å². The molecule has 1 fully saturated rings. The number of likely N-dealkylation sites (N-methyl/N-ethyl adjacent to an activating group) is 1. The number of nitrogens with zero attached hydrogens (tertiary/aromatic N) is 5. The monoisotopic (exact) mass is 434 g/mol. The highest BCUT2D eigenvalue weighted by molar-refractivity contribution is 5.94. The third-order valence-electron chi connectivity index (χ3n) is 5.97. The molecule has 32 heavy (non-hydrogen) atoms. The van der Waals surface area contributed by atoms with Crippen LogP contribution in [0.4, 0.5) is 4.39 Å². The first-order valence-corrected chi connectivity index (χ1v) is 10.2. The van der Waals surface area contributed by atoms with Crippen LogP contribution in [0.15, 0.2) is 41.5 Å². The number of hydrogen-bond acceptors (Lipinski definition) is 5. The third-order valence-corrected chi connectivity index (χ3v) is 5.97. The van der Waals surface area contributed by atoms with Gasteiger partial charge in [0.2, 0.25) is 0 Å². The van der Waals surface area contributed by atoms with Gasteiger partial charge in [-0.05, 0) is 56.8 Å². The second-order valence-corrected chi connectivity index (χ2v) is 8.10. The molecule has 3 heterocycles. The van der Waals surface area contributed by atoms with Gasteiger partial charge in [-0.2, -0.15) is 5.26 Å². The average molecular weight is 434 g/mol. The first kappa shape index (κ1) is 21.5. The summed E-state index contributed by atoms with van der Waals surface area (Å²) in [7, 11) is 4.01. The minimum Gasteiger partial charge on any atom is -0.337 e. The number of carbonyl (C=O) groups is 1. The van der Waals surface area contributed by atoms with Crippen LogP contribution in [-0.2, 0) is 0 Å². The second-order valence-electron chi connectivity index (χ2n) is 8.10. The smallest absolute Gasteiger partial charge is 0.280 e. The third kappa shape index (κ3) is 3.69. The van der Waals surface area contributed by atoms with Crippen LogP contribution in [0.1, 0.15) is 27.9 Å². The molecule has 0 saturated carbocycles. The van der Waals surface area contributed by atoms with Crippen molar-refractivity contribution in [1.82, 2.24) is 24.6 Å². The molecule has 1 N–H and O–H groups in total. The van der Waals surface area contributed by atoms with Gasteiger partial charge in [0, 0.05) is 31.5 Å². The Balaban J connectivity index is 1.58. The van der Waals surface area contributed by atoms with E-state index in [1.807, 2.05) is 19.0 Å². The summed E-state index contributed by atoms with van der Waals surface area (Å²) in [4.78, 5) is 33.9. The lowest BCUT2D eigenvalue weighted by molar-refractivity contribution is 0.0782. The number of aromatic nitrogens is 3. The van der Waals surface area contributed by atoms with E-state index in [1.54, 1.807) is 24.3 Å². The molecule has 0 bridgehead atoms. The molecule has 1 aromatic carbocycles. The summed E-state index contributed by atoms with van der Waals surface area (Å²) in [6, 6.07) is 8.29. The fourth-order valence-electron chi connectivity index (χ4n) is 3.97. The van der Waals surface area contributed by atoms with Crippen molar-refractivity contribution in [3.63, 3.8) is 0 Å². The Morgan fingerprint density at radius 1 is 1.28 bits per heavy atom. The summed E-state index contributed by atoms with van der Waals surface area (Å²) >= 11 is 0. The molecule has 164 valence electrons. The zero-order valence-corrected chi connectivity index (χ0v) is 18.1. The van der Waals surface area contributed by atoms with Crippen LogP contribution >= 0.6 is 0 Å². The molecule has 2 aromatic heterocycles. The summed E-state index contributed by atoms with van der Waals surface area (Å²) in [6.07, 6.45) is 3.86. The highest BCUT2D eigenvalue weighted by atomic mass is 19.1. The lowest BCUT2D eigenvalue weighted by atomic mass is 10.0. The summed E-state index contributed by atoms with van der Waals surface area (Å²) in [6.45, 7) is 2.90. The highest BCUT2D eigenvalue weighted by Gasteiger charge is 2.28. The van der Waals surface area contributed by atoms with Crippen molar-refractivity contribution in [2.24, 2.45) is 0 Å². The number of amides is 1. The summed E-state index contributed by atoms with van der Waals surface area (Å²) in [5.41, 5.74) is 0.870. The van der Waals surface area contributed by atoms with Crippen molar-refractivity contribution in [1.29, 1.82) is 5.26 Å². The number of likely N-dealkylation sites (tertiary alicyclic amines) is 1. The van der Waals surface area contributed by atoms with Gasteiger partial charge in [-0.25, -0.2) is 14.1 Å². The molecule has 8 nitrogen and oxygen atoms in total. The Bertz CT molecular complexity index is 1270. The Morgan fingerprint density at radius 3 is 2.69 bits per heavy atom. The number of rotatable bonds is 4. The maximum absolute atomic E-state index is 14.3. The molecular formula is C23H23FN6O2. The maximum atomic E-state index is 14.3. The molecule has 9 heteroatoms. The molecule has 0 aliphatic carbocycles. The quantitative estimate of drug-likeness (QED) is 0.680. The number of benzene rings is 1. The van der Waals surface area contributed by atoms with Crippen molar-refractivity contribution in [2.75, 3.05) is 27.2 Å². The van der Waals surface area contributed by atoms with Crippen molar-refractivity contribution >= 4 is 5.91 Å². The molecule has 4 rings (SSSR count). The van der Waals surface area contributed by atoms with E-state index in [2.05, 4.69) is 15.0 Å².